The Morgan fingerprint density at radius 1 is 1.47 bits per heavy atom. The van der Waals surface area contributed by atoms with Gasteiger partial charge >= 0.3 is 0 Å². The van der Waals surface area contributed by atoms with Crippen LogP contribution in [0.4, 0.5) is 0 Å². The van der Waals surface area contributed by atoms with E-state index in [1.807, 2.05) is 29.2 Å². The molecule has 5 heteroatoms. The van der Waals surface area contributed by atoms with Gasteiger partial charge in [0, 0.05) is 18.2 Å². The van der Waals surface area contributed by atoms with Gasteiger partial charge in [-0.05, 0) is 25.8 Å². The Bertz CT molecular complexity index is 433. The summed E-state index contributed by atoms with van der Waals surface area (Å²) >= 11 is 0. The van der Waals surface area contributed by atoms with Gasteiger partial charge in [-0.15, -0.1) is 12.4 Å². The Morgan fingerprint density at radius 3 is 2.63 bits per heavy atom. The van der Waals surface area contributed by atoms with Crippen molar-refractivity contribution in [2.24, 2.45) is 5.73 Å². The fourth-order valence-corrected chi connectivity index (χ4v) is 2.05. The molecular weight excluding hydrogens is 264 g/mol. The molecule has 1 aromatic carbocycles. The summed E-state index contributed by atoms with van der Waals surface area (Å²) in [5.74, 6) is 0.837. The molecule has 0 aliphatic heterocycles. The molecule has 0 bridgehead atoms. The second kappa shape index (κ2) is 6.78. The number of amides is 1. The summed E-state index contributed by atoms with van der Waals surface area (Å²) in [7, 11) is 1.65. The first kappa shape index (κ1) is 15.8. The van der Waals surface area contributed by atoms with Gasteiger partial charge in [-0.1, -0.05) is 18.2 Å². The number of rotatable bonds is 5. The number of para-hydroxylation sites is 1. The largest absolute Gasteiger partial charge is 0.496 e. The summed E-state index contributed by atoms with van der Waals surface area (Å²) in [6.07, 6.45) is 2.15. The normalized spacial score (nSPS) is 15.3. The standard InChI is InChI=1S/C14H20N2O2.ClH/c1-10(15)14(17)16(12-7-8-12)9-11-5-3-4-6-13(11)18-2;/h3-6,10,12H,7-9,15H2,1-2H3;1H. The highest BCUT2D eigenvalue weighted by molar-refractivity contribution is 5.85. The van der Waals surface area contributed by atoms with E-state index < -0.39 is 6.04 Å². The van der Waals surface area contributed by atoms with Gasteiger partial charge in [-0.3, -0.25) is 4.79 Å². The lowest BCUT2D eigenvalue weighted by molar-refractivity contribution is -0.133. The molecule has 1 aromatic rings. The van der Waals surface area contributed by atoms with Crippen molar-refractivity contribution in [2.75, 3.05) is 7.11 Å². The molecule has 0 aromatic heterocycles. The second-order valence-electron chi connectivity index (χ2n) is 4.80. The van der Waals surface area contributed by atoms with Crippen molar-refractivity contribution in [1.29, 1.82) is 0 Å². The fourth-order valence-electron chi connectivity index (χ4n) is 2.05. The van der Waals surface area contributed by atoms with Crippen molar-refractivity contribution < 1.29 is 9.53 Å². The van der Waals surface area contributed by atoms with Crippen LogP contribution in [-0.2, 0) is 11.3 Å². The van der Waals surface area contributed by atoms with E-state index in [-0.39, 0.29) is 18.3 Å². The third-order valence-electron chi connectivity index (χ3n) is 3.19. The molecule has 1 saturated carbocycles. The van der Waals surface area contributed by atoms with Gasteiger partial charge in [0.2, 0.25) is 5.91 Å². The van der Waals surface area contributed by atoms with E-state index in [0.29, 0.717) is 12.6 Å². The van der Waals surface area contributed by atoms with Crippen LogP contribution in [0.2, 0.25) is 0 Å². The number of methoxy groups -OCH3 is 1. The van der Waals surface area contributed by atoms with Gasteiger partial charge in [0.25, 0.3) is 0 Å². The van der Waals surface area contributed by atoms with Crippen LogP contribution in [0.3, 0.4) is 0 Å². The zero-order valence-electron chi connectivity index (χ0n) is 11.3. The van der Waals surface area contributed by atoms with E-state index in [9.17, 15) is 4.79 Å². The minimum Gasteiger partial charge on any atom is -0.496 e. The SMILES string of the molecule is COc1ccccc1CN(C(=O)C(C)N)C1CC1.Cl. The summed E-state index contributed by atoms with van der Waals surface area (Å²) in [6.45, 7) is 2.31. The summed E-state index contributed by atoms with van der Waals surface area (Å²) in [6, 6.07) is 7.70. The number of nitrogens with two attached hydrogens (primary N) is 1. The summed E-state index contributed by atoms with van der Waals surface area (Å²) < 4.78 is 5.32. The topological polar surface area (TPSA) is 55.6 Å². The summed E-state index contributed by atoms with van der Waals surface area (Å²) in [5, 5.41) is 0. The number of carbonyl (C=O) groups is 1. The van der Waals surface area contributed by atoms with Crippen LogP contribution in [0.15, 0.2) is 24.3 Å². The van der Waals surface area contributed by atoms with Gasteiger partial charge in [-0.2, -0.15) is 0 Å². The Kier molecular flexibility index (Phi) is 5.63. The number of halogens is 1. The molecule has 1 atom stereocenters. The number of carbonyl (C=O) groups excluding carboxylic acids is 1. The third kappa shape index (κ3) is 3.85. The minimum absolute atomic E-state index is 0. The number of hydrogen-bond donors (Lipinski definition) is 1. The molecule has 106 valence electrons. The average molecular weight is 285 g/mol. The summed E-state index contributed by atoms with van der Waals surface area (Å²) in [5.41, 5.74) is 6.73. The zero-order chi connectivity index (χ0) is 13.1. The Labute approximate surface area is 120 Å². The number of benzene rings is 1. The van der Waals surface area contributed by atoms with Gasteiger partial charge in [0.1, 0.15) is 5.75 Å². The first-order valence-electron chi connectivity index (χ1n) is 6.31. The van der Waals surface area contributed by atoms with E-state index in [1.165, 1.54) is 0 Å². The fraction of sp³-hybridized carbons (Fsp3) is 0.500. The van der Waals surface area contributed by atoms with Gasteiger partial charge in [0.15, 0.2) is 0 Å². The molecule has 1 amide bonds. The van der Waals surface area contributed by atoms with Gasteiger partial charge < -0.3 is 15.4 Å². The average Bonchev–Trinajstić information content (AvgIpc) is 3.19. The van der Waals surface area contributed by atoms with E-state index in [4.69, 9.17) is 10.5 Å². The van der Waals surface area contributed by atoms with E-state index in [2.05, 4.69) is 0 Å². The Balaban J connectivity index is 0.00000180. The van der Waals surface area contributed by atoms with E-state index in [0.717, 1.165) is 24.2 Å². The predicted octanol–water partition coefficient (Wildman–Crippen LogP) is 1.96. The monoisotopic (exact) mass is 284 g/mol. The molecule has 1 fully saturated rings. The van der Waals surface area contributed by atoms with Crippen molar-refractivity contribution >= 4 is 18.3 Å². The van der Waals surface area contributed by atoms with Gasteiger partial charge in [0.05, 0.1) is 13.2 Å². The molecule has 1 unspecified atom stereocenters. The molecule has 19 heavy (non-hydrogen) atoms. The van der Waals surface area contributed by atoms with Crippen molar-refractivity contribution in [2.45, 2.75) is 38.4 Å². The molecular formula is C14H21ClN2O2. The molecule has 1 aliphatic rings. The molecule has 0 spiro atoms. The number of ether oxygens (including phenoxy) is 1. The Hall–Kier alpha value is -1.26. The highest BCUT2D eigenvalue weighted by atomic mass is 35.5. The summed E-state index contributed by atoms with van der Waals surface area (Å²) in [4.78, 5) is 14.0. The molecule has 0 saturated heterocycles. The maximum atomic E-state index is 12.1. The lowest BCUT2D eigenvalue weighted by atomic mass is 10.1. The first-order valence-corrected chi connectivity index (χ1v) is 6.31. The van der Waals surface area contributed by atoms with Crippen LogP contribution in [0.5, 0.6) is 5.75 Å². The lowest BCUT2D eigenvalue weighted by Crippen LogP contribution is -2.42. The maximum absolute atomic E-state index is 12.1. The lowest BCUT2D eigenvalue weighted by Gasteiger charge is -2.25. The molecule has 0 radical (unpaired) electrons. The smallest absolute Gasteiger partial charge is 0.239 e. The second-order valence-corrected chi connectivity index (χ2v) is 4.80. The van der Waals surface area contributed by atoms with E-state index >= 15 is 0 Å². The minimum atomic E-state index is -0.444. The highest BCUT2D eigenvalue weighted by Crippen LogP contribution is 2.30. The van der Waals surface area contributed by atoms with Crippen LogP contribution in [0, 0.1) is 0 Å². The van der Waals surface area contributed by atoms with Crippen molar-refractivity contribution in [1.82, 2.24) is 4.90 Å². The van der Waals surface area contributed by atoms with Crippen LogP contribution < -0.4 is 10.5 Å². The van der Waals surface area contributed by atoms with Gasteiger partial charge in [-0.25, -0.2) is 0 Å². The highest BCUT2D eigenvalue weighted by Gasteiger charge is 2.34. The first-order chi connectivity index (χ1) is 8.63. The molecule has 2 N–H and O–H groups in total. The van der Waals surface area contributed by atoms with Crippen molar-refractivity contribution in [3.05, 3.63) is 29.8 Å². The zero-order valence-corrected chi connectivity index (χ0v) is 12.2. The maximum Gasteiger partial charge on any atom is 0.239 e. The molecule has 1 aliphatic carbocycles. The van der Waals surface area contributed by atoms with Crippen LogP contribution >= 0.6 is 12.4 Å². The number of hydrogen-bond acceptors (Lipinski definition) is 3. The van der Waals surface area contributed by atoms with Crippen LogP contribution in [0.25, 0.3) is 0 Å². The van der Waals surface area contributed by atoms with Crippen LogP contribution in [0.1, 0.15) is 25.3 Å². The molecule has 4 nitrogen and oxygen atoms in total. The van der Waals surface area contributed by atoms with Crippen LogP contribution in [-0.4, -0.2) is 30.0 Å². The molecule has 0 heterocycles. The van der Waals surface area contributed by atoms with Crippen molar-refractivity contribution in [3.63, 3.8) is 0 Å². The van der Waals surface area contributed by atoms with Crippen molar-refractivity contribution in [3.8, 4) is 5.75 Å². The number of nitrogens with zero attached hydrogens (tertiary/aromatic N) is 1. The quantitative estimate of drug-likeness (QED) is 0.899. The molecule has 2 rings (SSSR count). The predicted molar refractivity (Wildman–Crippen MR) is 77.5 cm³/mol. The van der Waals surface area contributed by atoms with E-state index in [1.54, 1.807) is 14.0 Å². The Morgan fingerprint density at radius 2 is 2.11 bits per heavy atom. The third-order valence-corrected chi connectivity index (χ3v) is 3.19.